The Morgan fingerprint density at radius 1 is 1.21 bits per heavy atom. The molecule has 3 heterocycles. The lowest BCUT2D eigenvalue weighted by Gasteiger charge is -2.32. The molecule has 8 heteroatoms. The van der Waals surface area contributed by atoms with Gasteiger partial charge in [-0.2, -0.15) is 13.2 Å². The molecule has 1 atom stereocenters. The highest BCUT2D eigenvalue weighted by Gasteiger charge is 2.37. The quantitative estimate of drug-likeness (QED) is 0.583. The van der Waals surface area contributed by atoms with Crippen LogP contribution in [0.5, 0.6) is 0 Å². The molecule has 2 aromatic heterocycles. The van der Waals surface area contributed by atoms with Gasteiger partial charge in [0.05, 0.1) is 16.6 Å². The van der Waals surface area contributed by atoms with E-state index in [0.29, 0.717) is 18.8 Å². The van der Waals surface area contributed by atoms with E-state index in [1.165, 1.54) is 19.1 Å². The number of benzene rings is 1. The molecule has 1 saturated heterocycles. The van der Waals surface area contributed by atoms with Crippen molar-refractivity contribution in [2.45, 2.75) is 38.4 Å². The minimum Gasteiger partial charge on any atom is -0.336 e. The topological polar surface area (TPSA) is 42.2 Å². The number of likely N-dealkylation sites (tertiary alicyclic amines) is 1. The molecule has 4 nitrogen and oxygen atoms in total. The number of hydrogen-bond acceptors (Lipinski definition) is 4. The number of aromatic nitrogens is 2. The smallest absolute Gasteiger partial charge is 0.336 e. The molecule has 0 aliphatic carbocycles. The zero-order valence-electron chi connectivity index (χ0n) is 15.3. The van der Waals surface area contributed by atoms with E-state index in [1.54, 1.807) is 12.1 Å². The zero-order chi connectivity index (χ0) is 19.9. The summed E-state index contributed by atoms with van der Waals surface area (Å²) in [4.78, 5) is 6.23. The number of rotatable bonds is 3. The fraction of sp³-hybridized carbons (Fsp3) is 0.400. The highest BCUT2D eigenvalue weighted by molar-refractivity contribution is 5.81. The molecule has 28 heavy (non-hydrogen) atoms. The molecule has 1 aliphatic rings. The van der Waals surface area contributed by atoms with Crippen LogP contribution in [0.25, 0.3) is 11.1 Å². The first-order valence-electron chi connectivity index (χ1n) is 9.12. The summed E-state index contributed by atoms with van der Waals surface area (Å²) in [6.45, 7) is 3.50. The number of aryl methyl sites for hydroxylation is 1. The van der Waals surface area contributed by atoms with Crippen LogP contribution in [0.4, 0.5) is 17.6 Å². The Morgan fingerprint density at radius 3 is 2.68 bits per heavy atom. The van der Waals surface area contributed by atoms with Crippen LogP contribution in [0.3, 0.4) is 0 Å². The molecule has 0 N–H and O–H groups in total. The number of halogens is 4. The first-order chi connectivity index (χ1) is 13.3. The summed E-state index contributed by atoms with van der Waals surface area (Å²) in [5, 5.41) is 3.94. The molecule has 0 amide bonds. The summed E-state index contributed by atoms with van der Waals surface area (Å²) in [6.07, 6.45) is -2.94. The van der Waals surface area contributed by atoms with Gasteiger partial charge in [0.15, 0.2) is 0 Å². The molecule has 0 spiro atoms. The molecule has 4 rings (SSSR count). The SMILES string of the molecule is Cc1cc(C(F)(F)F)c2c([C@@H]3CCCN(Cc4ccc(F)cc4)C3)noc2n1. The van der Waals surface area contributed by atoms with Crippen LogP contribution in [0, 0.1) is 12.7 Å². The maximum atomic E-state index is 13.6. The fourth-order valence-corrected chi connectivity index (χ4v) is 3.87. The van der Waals surface area contributed by atoms with Gasteiger partial charge in [-0.25, -0.2) is 9.37 Å². The van der Waals surface area contributed by atoms with Crippen LogP contribution in [0.1, 0.15) is 41.3 Å². The van der Waals surface area contributed by atoms with Crippen LogP contribution < -0.4 is 0 Å². The third kappa shape index (κ3) is 3.73. The van der Waals surface area contributed by atoms with Crippen molar-refractivity contribution in [3.8, 4) is 0 Å². The van der Waals surface area contributed by atoms with Gasteiger partial charge in [0.2, 0.25) is 0 Å². The summed E-state index contributed by atoms with van der Waals surface area (Å²) in [5.74, 6) is -0.474. The molecular formula is C20H19F4N3O. The third-order valence-corrected chi connectivity index (χ3v) is 5.12. The number of alkyl halides is 3. The normalized spacial score (nSPS) is 18.7. The minimum absolute atomic E-state index is 0.0354. The molecule has 0 unspecified atom stereocenters. The van der Waals surface area contributed by atoms with Gasteiger partial charge < -0.3 is 4.52 Å². The first-order valence-corrected chi connectivity index (χ1v) is 9.12. The molecule has 0 radical (unpaired) electrons. The Kier molecular flexibility index (Phi) is 4.82. The van der Waals surface area contributed by atoms with E-state index in [4.69, 9.17) is 4.52 Å². The number of hydrogen-bond donors (Lipinski definition) is 0. The molecule has 3 aromatic rings. The van der Waals surface area contributed by atoms with Crippen molar-refractivity contribution >= 4 is 11.1 Å². The molecule has 0 bridgehead atoms. The van der Waals surface area contributed by atoms with Gasteiger partial charge in [0.25, 0.3) is 5.71 Å². The van der Waals surface area contributed by atoms with Crippen LogP contribution in [0.15, 0.2) is 34.9 Å². The Hall–Kier alpha value is -2.48. The van der Waals surface area contributed by atoms with Crippen molar-refractivity contribution in [3.63, 3.8) is 0 Å². The van der Waals surface area contributed by atoms with Crippen molar-refractivity contribution < 1.29 is 22.1 Å². The molecular weight excluding hydrogens is 374 g/mol. The van der Waals surface area contributed by atoms with E-state index in [2.05, 4.69) is 15.0 Å². The van der Waals surface area contributed by atoms with Gasteiger partial charge in [0.1, 0.15) is 5.82 Å². The molecule has 0 saturated carbocycles. The van der Waals surface area contributed by atoms with Gasteiger partial charge in [-0.3, -0.25) is 4.90 Å². The summed E-state index contributed by atoms with van der Waals surface area (Å²) in [5.41, 5.74) is 0.697. The predicted octanol–water partition coefficient (Wildman–Crippen LogP) is 5.07. The zero-order valence-corrected chi connectivity index (χ0v) is 15.3. The van der Waals surface area contributed by atoms with Gasteiger partial charge in [-0.15, -0.1) is 0 Å². The van der Waals surface area contributed by atoms with E-state index in [-0.39, 0.29) is 28.5 Å². The lowest BCUT2D eigenvalue weighted by molar-refractivity contribution is -0.136. The molecule has 1 fully saturated rings. The second-order valence-corrected chi connectivity index (χ2v) is 7.26. The van der Waals surface area contributed by atoms with Gasteiger partial charge in [0, 0.05) is 24.7 Å². The molecule has 1 aromatic carbocycles. The average Bonchev–Trinajstić information content (AvgIpc) is 3.06. The van der Waals surface area contributed by atoms with Gasteiger partial charge >= 0.3 is 6.18 Å². The summed E-state index contributed by atoms with van der Waals surface area (Å²) in [6, 6.07) is 7.30. The third-order valence-electron chi connectivity index (χ3n) is 5.12. The predicted molar refractivity (Wildman–Crippen MR) is 95.2 cm³/mol. The number of piperidine rings is 1. The highest BCUT2D eigenvalue weighted by atomic mass is 19.4. The number of nitrogens with zero attached hydrogens (tertiary/aromatic N) is 3. The van der Waals surface area contributed by atoms with Crippen LogP contribution in [0.2, 0.25) is 0 Å². The van der Waals surface area contributed by atoms with Crippen molar-refractivity contribution in [2.24, 2.45) is 0 Å². The van der Waals surface area contributed by atoms with Crippen molar-refractivity contribution in [1.82, 2.24) is 15.0 Å². The van der Waals surface area contributed by atoms with Crippen LogP contribution in [-0.4, -0.2) is 28.1 Å². The lowest BCUT2D eigenvalue weighted by Crippen LogP contribution is -2.34. The molecule has 148 valence electrons. The van der Waals surface area contributed by atoms with Crippen LogP contribution in [-0.2, 0) is 12.7 Å². The summed E-state index contributed by atoms with van der Waals surface area (Å²) < 4.78 is 59.0. The second kappa shape index (κ2) is 7.16. The summed E-state index contributed by atoms with van der Waals surface area (Å²) in [7, 11) is 0. The monoisotopic (exact) mass is 393 g/mol. The molecule has 1 aliphatic heterocycles. The van der Waals surface area contributed by atoms with Crippen molar-refractivity contribution in [1.29, 1.82) is 0 Å². The van der Waals surface area contributed by atoms with E-state index >= 15 is 0 Å². The lowest BCUT2D eigenvalue weighted by atomic mass is 9.91. The average molecular weight is 393 g/mol. The second-order valence-electron chi connectivity index (χ2n) is 7.26. The Bertz CT molecular complexity index is 982. The standard InChI is InChI=1S/C20H19F4N3O/c1-12-9-16(20(22,23)24)17-18(26-28-19(17)25-12)14-3-2-8-27(11-14)10-13-4-6-15(21)7-5-13/h4-7,9,14H,2-3,8,10-11H2,1H3/t14-/m1/s1. The van der Waals surface area contributed by atoms with Gasteiger partial charge in [-0.05, 0) is 50.1 Å². The number of fused-ring (bicyclic) bond motifs is 1. The maximum Gasteiger partial charge on any atom is 0.417 e. The largest absolute Gasteiger partial charge is 0.417 e. The Morgan fingerprint density at radius 2 is 1.96 bits per heavy atom. The number of pyridine rings is 1. The minimum atomic E-state index is -4.51. The highest BCUT2D eigenvalue weighted by Crippen LogP contribution is 2.40. The Balaban J connectivity index is 1.63. The Labute approximate surface area is 159 Å². The van der Waals surface area contributed by atoms with E-state index in [0.717, 1.165) is 31.0 Å². The van der Waals surface area contributed by atoms with Crippen molar-refractivity contribution in [3.05, 3.63) is 58.7 Å². The summed E-state index contributed by atoms with van der Waals surface area (Å²) >= 11 is 0. The fourth-order valence-electron chi connectivity index (χ4n) is 3.87. The van der Waals surface area contributed by atoms with Gasteiger partial charge in [-0.1, -0.05) is 17.3 Å². The maximum absolute atomic E-state index is 13.6. The van der Waals surface area contributed by atoms with E-state index < -0.39 is 11.7 Å². The first kappa shape index (κ1) is 18.9. The van der Waals surface area contributed by atoms with E-state index in [1.807, 2.05) is 0 Å². The van der Waals surface area contributed by atoms with E-state index in [9.17, 15) is 17.6 Å². The van der Waals surface area contributed by atoms with Crippen molar-refractivity contribution in [2.75, 3.05) is 13.1 Å². The van der Waals surface area contributed by atoms with Crippen LogP contribution >= 0.6 is 0 Å².